The van der Waals surface area contributed by atoms with Crippen molar-refractivity contribution >= 4 is 28.1 Å². The Bertz CT molecular complexity index is 806. The zero-order chi connectivity index (χ0) is 15.7. The fraction of sp³-hybridized carbons (Fsp3) is 0.235. The molecule has 0 spiro atoms. The van der Waals surface area contributed by atoms with Gasteiger partial charge in [0.15, 0.2) is 0 Å². The van der Waals surface area contributed by atoms with Crippen molar-refractivity contribution in [3.63, 3.8) is 0 Å². The molecule has 5 heteroatoms. The third-order valence-electron chi connectivity index (χ3n) is 3.92. The third-order valence-corrected chi connectivity index (χ3v) is 4.89. The molecule has 0 aliphatic heterocycles. The van der Waals surface area contributed by atoms with Crippen LogP contribution < -0.4 is 5.32 Å². The Labute approximate surface area is 132 Å². The summed E-state index contributed by atoms with van der Waals surface area (Å²) in [5.41, 5.74) is 3.67. The van der Waals surface area contributed by atoms with Gasteiger partial charge in [0, 0.05) is 22.5 Å². The van der Waals surface area contributed by atoms with Gasteiger partial charge in [-0.2, -0.15) is 0 Å². The monoisotopic (exact) mass is 314 g/mol. The molecule has 22 heavy (non-hydrogen) atoms. The van der Waals surface area contributed by atoms with Crippen LogP contribution in [-0.2, 0) is 0 Å². The maximum atomic E-state index is 12.4. The van der Waals surface area contributed by atoms with Crippen LogP contribution in [0, 0.1) is 13.8 Å². The van der Waals surface area contributed by atoms with Crippen molar-refractivity contribution in [1.29, 1.82) is 0 Å². The summed E-state index contributed by atoms with van der Waals surface area (Å²) in [6.07, 6.45) is -0.671. The first-order valence-corrected chi connectivity index (χ1v) is 8.03. The van der Waals surface area contributed by atoms with E-state index in [1.165, 1.54) is 11.3 Å². The number of amides is 1. The van der Waals surface area contributed by atoms with E-state index in [4.69, 9.17) is 0 Å². The molecule has 1 atom stereocenters. The molecule has 3 rings (SSSR count). The van der Waals surface area contributed by atoms with E-state index in [-0.39, 0.29) is 12.5 Å². The van der Waals surface area contributed by atoms with Gasteiger partial charge in [0.05, 0.1) is 11.1 Å². The fourth-order valence-corrected chi connectivity index (χ4v) is 3.25. The van der Waals surface area contributed by atoms with Gasteiger partial charge < -0.3 is 15.4 Å². The molecule has 0 saturated heterocycles. The molecule has 4 nitrogen and oxygen atoms in total. The van der Waals surface area contributed by atoms with Crippen molar-refractivity contribution in [2.45, 2.75) is 20.0 Å². The van der Waals surface area contributed by atoms with Crippen LogP contribution in [-0.4, -0.2) is 22.5 Å². The Morgan fingerprint density at radius 1 is 1.32 bits per heavy atom. The number of para-hydroxylation sites is 1. The second kappa shape index (κ2) is 5.94. The Morgan fingerprint density at radius 3 is 2.86 bits per heavy atom. The first-order chi connectivity index (χ1) is 10.6. The molecule has 0 fully saturated rings. The van der Waals surface area contributed by atoms with Gasteiger partial charge in [-0.05, 0) is 36.9 Å². The van der Waals surface area contributed by atoms with Crippen LogP contribution in [0.5, 0.6) is 0 Å². The summed E-state index contributed by atoms with van der Waals surface area (Å²) >= 11 is 1.48. The number of aromatic amines is 1. The summed E-state index contributed by atoms with van der Waals surface area (Å²) < 4.78 is 0. The molecule has 114 valence electrons. The predicted octanol–water partition coefficient (Wildman–Crippen LogP) is 3.31. The molecule has 2 heterocycles. The predicted molar refractivity (Wildman–Crippen MR) is 89.4 cm³/mol. The number of carbonyl (C=O) groups excluding carboxylic acids is 1. The maximum absolute atomic E-state index is 12.4. The number of nitrogens with one attached hydrogen (secondary N) is 2. The lowest BCUT2D eigenvalue weighted by Gasteiger charge is -2.10. The van der Waals surface area contributed by atoms with E-state index in [2.05, 4.69) is 10.3 Å². The minimum absolute atomic E-state index is 0.178. The highest BCUT2D eigenvalue weighted by atomic mass is 32.1. The summed E-state index contributed by atoms with van der Waals surface area (Å²) in [6, 6.07) is 9.43. The van der Waals surface area contributed by atoms with Crippen molar-refractivity contribution in [3.05, 3.63) is 57.4 Å². The van der Waals surface area contributed by atoms with Crippen molar-refractivity contribution in [2.75, 3.05) is 6.54 Å². The van der Waals surface area contributed by atoms with E-state index in [1.54, 1.807) is 6.07 Å². The number of rotatable bonds is 4. The van der Waals surface area contributed by atoms with E-state index in [1.807, 2.05) is 43.5 Å². The standard InChI is InChI=1S/C17H18N2O2S/c1-10-11(2)19-16-12(10)5-3-6-13(16)17(21)18-9-14(20)15-7-4-8-22-15/h3-8,14,19-20H,9H2,1-2H3,(H,18,21)/t14-/m0/s1. The lowest BCUT2D eigenvalue weighted by Crippen LogP contribution is -2.28. The molecule has 0 bridgehead atoms. The van der Waals surface area contributed by atoms with Crippen LogP contribution in [0.3, 0.4) is 0 Å². The number of aliphatic hydroxyl groups is 1. The molecule has 3 aromatic rings. The van der Waals surface area contributed by atoms with Gasteiger partial charge in [-0.25, -0.2) is 0 Å². The molecule has 3 N–H and O–H groups in total. The van der Waals surface area contributed by atoms with Crippen molar-refractivity contribution < 1.29 is 9.90 Å². The molecule has 0 radical (unpaired) electrons. The minimum atomic E-state index is -0.671. The maximum Gasteiger partial charge on any atom is 0.253 e. The highest BCUT2D eigenvalue weighted by molar-refractivity contribution is 7.10. The van der Waals surface area contributed by atoms with E-state index in [9.17, 15) is 9.90 Å². The summed E-state index contributed by atoms with van der Waals surface area (Å²) in [6.45, 7) is 4.24. The number of fused-ring (bicyclic) bond motifs is 1. The summed E-state index contributed by atoms with van der Waals surface area (Å²) in [7, 11) is 0. The van der Waals surface area contributed by atoms with E-state index < -0.39 is 6.10 Å². The summed E-state index contributed by atoms with van der Waals surface area (Å²) in [4.78, 5) is 16.5. The highest BCUT2D eigenvalue weighted by Gasteiger charge is 2.15. The van der Waals surface area contributed by atoms with Crippen LogP contribution in [0.4, 0.5) is 0 Å². The number of aryl methyl sites for hydroxylation is 2. The lowest BCUT2D eigenvalue weighted by molar-refractivity contribution is 0.0919. The van der Waals surface area contributed by atoms with E-state index in [0.717, 1.165) is 27.0 Å². The largest absolute Gasteiger partial charge is 0.386 e. The van der Waals surface area contributed by atoms with Crippen LogP contribution in [0.2, 0.25) is 0 Å². The van der Waals surface area contributed by atoms with Gasteiger partial charge in [-0.1, -0.05) is 18.2 Å². The first-order valence-electron chi connectivity index (χ1n) is 7.15. The number of H-pyrrole nitrogens is 1. The molecule has 1 amide bonds. The average molecular weight is 314 g/mol. The van der Waals surface area contributed by atoms with Gasteiger partial charge in [-0.3, -0.25) is 4.79 Å². The van der Waals surface area contributed by atoms with Crippen LogP contribution in [0.1, 0.15) is 32.6 Å². The van der Waals surface area contributed by atoms with Crippen LogP contribution in [0.15, 0.2) is 35.7 Å². The molecule has 0 unspecified atom stereocenters. The normalized spacial score (nSPS) is 12.5. The number of carbonyl (C=O) groups is 1. The molecule has 1 aromatic carbocycles. The zero-order valence-corrected chi connectivity index (χ0v) is 13.3. The molecule has 0 aliphatic rings. The molecule has 2 aromatic heterocycles. The van der Waals surface area contributed by atoms with Gasteiger partial charge in [-0.15, -0.1) is 11.3 Å². The van der Waals surface area contributed by atoms with Crippen molar-refractivity contribution in [3.8, 4) is 0 Å². The zero-order valence-electron chi connectivity index (χ0n) is 12.5. The van der Waals surface area contributed by atoms with E-state index >= 15 is 0 Å². The minimum Gasteiger partial charge on any atom is -0.386 e. The second-order valence-electron chi connectivity index (χ2n) is 5.34. The number of aliphatic hydroxyl groups excluding tert-OH is 1. The Kier molecular flexibility index (Phi) is 4.00. The van der Waals surface area contributed by atoms with E-state index in [0.29, 0.717) is 5.56 Å². The number of thiophene rings is 1. The van der Waals surface area contributed by atoms with Crippen molar-refractivity contribution in [1.82, 2.24) is 10.3 Å². The highest BCUT2D eigenvalue weighted by Crippen LogP contribution is 2.24. The van der Waals surface area contributed by atoms with Gasteiger partial charge in [0.25, 0.3) is 5.91 Å². The lowest BCUT2D eigenvalue weighted by atomic mass is 10.1. The SMILES string of the molecule is Cc1[nH]c2c(C(=O)NC[C@H](O)c3cccs3)cccc2c1C. The third kappa shape index (κ3) is 2.65. The number of hydrogen-bond acceptors (Lipinski definition) is 3. The molecule has 0 aliphatic carbocycles. The second-order valence-corrected chi connectivity index (χ2v) is 6.32. The molecule has 0 saturated carbocycles. The molecular weight excluding hydrogens is 296 g/mol. The topological polar surface area (TPSA) is 65.1 Å². The Hall–Kier alpha value is -2.11. The van der Waals surface area contributed by atoms with Crippen molar-refractivity contribution in [2.24, 2.45) is 0 Å². The van der Waals surface area contributed by atoms with Gasteiger partial charge >= 0.3 is 0 Å². The first kappa shape index (κ1) is 14.8. The number of benzene rings is 1. The van der Waals surface area contributed by atoms with Crippen LogP contribution in [0.25, 0.3) is 10.9 Å². The summed E-state index contributed by atoms with van der Waals surface area (Å²) in [5, 5.41) is 15.8. The summed E-state index contributed by atoms with van der Waals surface area (Å²) in [5.74, 6) is -0.178. The number of hydrogen-bond donors (Lipinski definition) is 3. The smallest absolute Gasteiger partial charge is 0.253 e. The average Bonchev–Trinajstić information content (AvgIpc) is 3.14. The Morgan fingerprint density at radius 2 is 2.14 bits per heavy atom. The van der Waals surface area contributed by atoms with Gasteiger partial charge in [0.1, 0.15) is 6.10 Å². The quantitative estimate of drug-likeness (QED) is 0.692. The van der Waals surface area contributed by atoms with Gasteiger partial charge in [0.2, 0.25) is 0 Å². The molecular formula is C17H18N2O2S. The Balaban J connectivity index is 1.79. The van der Waals surface area contributed by atoms with Crippen LogP contribution >= 0.6 is 11.3 Å². The fourth-order valence-electron chi connectivity index (χ4n) is 2.54. The number of aromatic nitrogens is 1.